The molecule has 7 nitrogen and oxygen atoms in total. The fourth-order valence-electron chi connectivity index (χ4n) is 3.18. The smallest absolute Gasteiger partial charge is 0.278 e. The Labute approximate surface area is 171 Å². The lowest BCUT2D eigenvalue weighted by atomic mass is 10.2. The first-order valence-corrected chi connectivity index (χ1v) is 9.23. The second-order valence-corrected chi connectivity index (χ2v) is 7.18. The summed E-state index contributed by atoms with van der Waals surface area (Å²) in [6.07, 6.45) is 3.88. The van der Waals surface area contributed by atoms with Gasteiger partial charge in [0.05, 0.1) is 22.8 Å². The van der Waals surface area contributed by atoms with Crippen LogP contribution in [0.4, 0.5) is 5.95 Å². The van der Waals surface area contributed by atoms with Crippen LogP contribution in [0, 0.1) is 0 Å². The van der Waals surface area contributed by atoms with E-state index in [0.717, 1.165) is 24.9 Å². The number of benzene rings is 1. The van der Waals surface area contributed by atoms with Crippen LogP contribution in [0.5, 0.6) is 0 Å². The minimum Gasteiger partial charge on any atom is -0.352 e. The summed E-state index contributed by atoms with van der Waals surface area (Å²) in [5.74, 6) is 0.395. The van der Waals surface area contributed by atoms with E-state index < -0.39 is 0 Å². The van der Waals surface area contributed by atoms with Crippen LogP contribution in [0.3, 0.4) is 0 Å². The van der Waals surface area contributed by atoms with Crippen molar-refractivity contribution in [3.05, 3.63) is 50.4 Å². The van der Waals surface area contributed by atoms with E-state index in [2.05, 4.69) is 25.7 Å². The molecule has 0 saturated carbocycles. The van der Waals surface area contributed by atoms with Gasteiger partial charge in [-0.05, 0) is 37.1 Å². The average Bonchev–Trinajstić information content (AvgIpc) is 3.27. The highest BCUT2D eigenvalue weighted by Gasteiger charge is 2.18. The topological polar surface area (TPSA) is 87.6 Å². The highest BCUT2D eigenvalue weighted by molar-refractivity contribution is 6.42. The highest BCUT2D eigenvalue weighted by atomic mass is 35.5. The summed E-state index contributed by atoms with van der Waals surface area (Å²) in [5.41, 5.74) is 1.80. The molecule has 1 saturated heterocycles. The summed E-state index contributed by atoms with van der Waals surface area (Å²) < 4.78 is 1.73. The number of rotatable bonds is 5. The number of hydrogen-bond acceptors (Lipinski definition) is 5. The summed E-state index contributed by atoms with van der Waals surface area (Å²) in [4.78, 5) is 19.7. The van der Waals surface area contributed by atoms with Crippen molar-refractivity contribution in [1.29, 1.82) is 0 Å². The number of fused-ring (bicyclic) bond motifs is 1. The van der Waals surface area contributed by atoms with E-state index in [1.54, 1.807) is 23.0 Å². The number of halogens is 3. The molecule has 144 valence electrons. The van der Waals surface area contributed by atoms with Gasteiger partial charge in [0.2, 0.25) is 5.95 Å². The first-order chi connectivity index (χ1) is 12.6. The van der Waals surface area contributed by atoms with E-state index in [0.29, 0.717) is 46.2 Å². The van der Waals surface area contributed by atoms with Gasteiger partial charge in [0.15, 0.2) is 5.52 Å². The molecule has 0 bridgehead atoms. The lowest BCUT2D eigenvalue weighted by Gasteiger charge is -2.11. The Balaban J connectivity index is 0.00000210. The molecule has 1 unspecified atom stereocenters. The largest absolute Gasteiger partial charge is 0.352 e. The molecule has 1 fully saturated rings. The molecule has 0 spiro atoms. The summed E-state index contributed by atoms with van der Waals surface area (Å²) in [6.45, 7) is 2.15. The monoisotopic (exact) mass is 428 g/mol. The molecule has 10 heteroatoms. The summed E-state index contributed by atoms with van der Waals surface area (Å²) in [7, 11) is 0. The van der Waals surface area contributed by atoms with Crippen LogP contribution in [0.25, 0.3) is 11.0 Å². The Morgan fingerprint density at radius 1 is 1.30 bits per heavy atom. The van der Waals surface area contributed by atoms with Crippen molar-refractivity contribution in [2.45, 2.75) is 32.0 Å². The van der Waals surface area contributed by atoms with Crippen LogP contribution < -0.4 is 16.2 Å². The second-order valence-electron chi connectivity index (χ2n) is 6.37. The predicted molar refractivity (Wildman–Crippen MR) is 110 cm³/mol. The number of anilines is 1. The van der Waals surface area contributed by atoms with Crippen molar-refractivity contribution < 1.29 is 0 Å². The third-order valence-corrected chi connectivity index (χ3v) is 5.24. The van der Waals surface area contributed by atoms with Gasteiger partial charge < -0.3 is 10.6 Å². The first kappa shape index (κ1) is 19.9. The van der Waals surface area contributed by atoms with E-state index >= 15 is 0 Å². The average molecular weight is 430 g/mol. The first-order valence-electron chi connectivity index (χ1n) is 8.47. The lowest BCUT2D eigenvalue weighted by Crippen LogP contribution is -2.28. The number of nitrogens with one attached hydrogen (secondary N) is 3. The molecular weight excluding hydrogens is 411 g/mol. The normalized spacial score (nSPS) is 16.4. The molecule has 4 rings (SSSR count). The molecule has 0 amide bonds. The van der Waals surface area contributed by atoms with Crippen LogP contribution >= 0.6 is 35.6 Å². The van der Waals surface area contributed by atoms with Gasteiger partial charge >= 0.3 is 0 Å². The van der Waals surface area contributed by atoms with Crippen LogP contribution in [0.15, 0.2) is 29.2 Å². The van der Waals surface area contributed by atoms with Gasteiger partial charge in [-0.3, -0.25) is 14.5 Å². The van der Waals surface area contributed by atoms with Crippen LogP contribution in [0.1, 0.15) is 18.4 Å². The van der Waals surface area contributed by atoms with Gasteiger partial charge in [0.1, 0.15) is 5.52 Å². The van der Waals surface area contributed by atoms with Gasteiger partial charge in [0, 0.05) is 12.6 Å². The zero-order chi connectivity index (χ0) is 18.1. The summed E-state index contributed by atoms with van der Waals surface area (Å²) >= 11 is 11.9. The standard InChI is InChI=1S/C17H18Cl2N6O.ClH/c18-12-4-3-10(6-13(12)19)7-21-17-23-14-8-22-25(15(14)16(26)24-17)9-11-2-1-5-20-11;/h3-4,6,8,11,20H,1-2,5,7,9H2,(H2,21,23,24,26);1H. The molecule has 3 heterocycles. The van der Waals surface area contributed by atoms with Crippen molar-refractivity contribution >= 4 is 52.6 Å². The quantitative estimate of drug-likeness (QED) is 0.580. The maximum atomic E-state index is 12.5. The SMILES string of the molecule is Cl.O=c1[nH]c(NCc2ccc(Cl)c(Cl)c2)nc2cnn(CC3CCCN3)c12. The Bertz CT molecular complexity index is 996. The maximum Gasteiger partial charge on any atom is 0.278 e. The van der Waals surface area contributed by atoms with E-state index in [9.17, 15) is 4.79 Å². The molecule has 1 aliphatic heterocycles. The van der Waals surface area contributed by atoms with Crippen LogP contribution in [-0.4, -0.2) is 32.3 Å². The predicted octanol–water partition coefficient (Wildman–Crippen LogP) is 3.21. The number of H-pyrrole nitrogens is 1. The Morgan fingerprint density at radius 3 is 2.89 bits per heavy atom. The highest BCUT2D eigenvalue weighted by Crippen LogP contribution is 2.23. The van der Waals surface area contributed by atoms with Crippen LogP contribution in [0.2, 0.25) is 10.0 Å². The molecule has 1 atom stereocenters. The Kier molecular flexibility index (Phi) is 6.26. The Hall–Kier alpha value is -1.80. The fourth-order valence-corrected chi connectivity index (χ4v) is 3.51. The molecule has 2 aromatic heterocycles. The fraction of sp³-hybridized carbons (Fsp3) is 0.353. The van der Waals surface area contributed by atoms with E-state index in [1.165, 1.54) is 0 Å². The molecule has 27 heavy (non-hydrogen) atoms. The van der Waals surface area contributed by atoms with E-state index in [4.69, 9.17) is 23.2 Å². The van der Waals surface area contributed by atoms with Gasteiger partial charge in [-0.1, -0.05) is 29.3 Å². The van der Waals surface area contributed by atoms with Gasteiger partial charge in [-0.25, -0.2) is 4.98 Å². The van der Waals surface area contributed by atoms with Gasteiger partial charge in [-0.2, -0.15) is 5.10 Å². The van der Waals surface area contributed by atoms with Crippen molar-refractivity contribution in [3.63, 3.8) is 0 Å². The molecule has 1 aliphatic rings. The molecule has 1 aromatic carbocycles. The molecule has 3 N–H and O–H groups in total. The minimum atomic E-state index is -0.206. The molecule has 0 radical (unpaired) electrons. The van der Waals surface area contributed by atoms with Crippen molar-refractivity contribution in [3.8, 4) is 0 Å². The van der Waals surface area contributed by atoms with Crippen molar-refractivity contribution in [1.82, 2.24) is 25.1 Å². The zero-order valence-electron chi connectivity index (χ0n) is 14.3. The molecular formula is C17H19Cl3N6O. The third kappa shape index (κ3) is 4.38. The van der Waals surface area contributed by atoms with Gasteiger partial charge in [0.25, 0.3) is 5.56 Å². The van der Waals surface area contributed by atoms with Crippen molar-refractivity contribution in [2.75, 3.05) is 11.9 Å². The van der Waals surface area contributed by atoms with E-state index in [1.807, 2.05) is 6.07 Å². The van der Waals surface area contributed by atoms with E-state index in [-0.39, 0.29) is 18.0 Å². The number of hydrogen-bond donors (Lipinski definition) is 3. The van der Waals surface area contributed by atoms with Gasteiger partial charge in [-0.15, -0.1) is 12.4 Å². The van der Waals surface area contributed by atoms with Crippen LogP contribution in [-0.2, 0) is 13.1 Å². The summed E-state index contributed by atoms with van der Waals surface area (Å²) in [6, 6.07) is 5.73. The molecule has 0 aliphatic carbocycles. The lowest BCUT2D eigenvalue weighted by molar-refractivity contribution is 0.485. The maximum absolute atomic E-state index is 12.5. The summed E-state index contributed by atoms with van der Waals surface area (Å²) in [5, 5.41) is 11.8. The Morgan fingerprint density at radius 2 is 2.15 bits per heavy atom. The van der Waals surface area contributed by atoms with Crippen molar-refractivity contribution in [2.24, 2.45) is 0 Å². The number of nitrogens with zero attached hydrogens (tertiary/aromatic N) is 3. The second kappa shape index (κ2) is 8.48. The number of aromatic amines is 1. The zero-order valence-corrected chi connectivity index (χ0v) is 16.7. The number of aromatic nitrogens is 4. The minimum absolute atomic E-state index is 0. The molecule has 3 aromatic rings. The third-order valence-electron chi connectivity index (χ3n) is 4.50.